The van der Waals surface area contributed by atoms with E-state index in [2.05, 4.69) is 4.90 Å². The van der Waals surface area contributed by atoms with Crippen LogP contribution in [0, 0.1) is 0 Å². The Morgan fingerprint density at radius 1 is 1.30 bits per heavy atom. The van der Waals surface area contributed by atoms with Gasteiger partial charge in [-0.05, 0) is 43.6 Å². The minimum atomic E-state index is -0.748. The third-order valence-corrected chi connectivity index (χ3v) is 3.93. The van der Waals surface area contributed by atoms with Gasteiger partial charge in [0.15, 0.2) is 0 Å². The summed E-state index contributed by atoms with van der Waals surface area (Å²) in [7, 11) is 1.64. The molecule has 1 fully saturated rings. The lowest BCUT2D eigenvalue weighted by molar-refractivity contribution is -0.138. The van der Waals surface area contributed by atoms with Crippen molar-refractivity contribution in [2.45, 2.75) is 38.1 Å². The Labute approximate surface area is 120 Å². The van der Waals surface area contributed by atoms with E-state index in [-0.39, 0.29) is 12.5 Å². The molecular formula is C16H23NO3. The van der Waals surface area contributed by atoms with Crippen LogP contribution >= 0.6 is 0 Å². The fourth-order valence-electron chi connectivity index (χ4n) is 2.88. The van der Waals surface area contributed by atoms with Crippen molar-refractivity contribution in [2.75, 3.05) is 20.2 Å². The molecule has 1 aromatic carbocycles. The first-order valence-electron chi connectivity index (χ1n) is 7.30. The summed E-state index contributed by atoms with van der Waals surface area (Å²) in [5.41, 5.74) is 1.04. The van der Waals surface area contributed by atoms with E-state index in [4.69, 9.17) is 4.74 Å². The molecule has 1 aromatic rings. The molecule has 2 rings (SSSR count). The molecule has 1 heterocycles. The Bertz CT molecular complexity index is 439. The number of nitrogens with zero attached hydrogens (tertiary/aromatic N) is 1. The first-order chi connectivity index (χ1) is 9.70. The van der Waals surface area contributed by atoms with Crippen LogP contribution in [0.5, 0.6) is 5.75 Å². The molecule has 110 valence electrons. The van der Waals surface area contributed by atoms with Crippen LogP contribution in [-0.2, 0) is 4.79 Å². The molecule has 1 saturated heterocycles. The van der Waals surface area contributed by atoms with Crippen molar-refractivity contribution >= 4 is 5.97 Å². The predicted octanol–water partition coefficient (Wildman–Crippen LogP) is 3.09. The zero-order valence-corrected chi connectivity index (χ0v) is 12.0. The largest absolute Gasteiger partial charge is 0.497 e. The molecule has 1 aliphatic heterocycles. The topological polar surface area (TPSA) is 49.8 Å². The predicted molar refractivity (Wildman–Crippen MR) is 78.0 cm³/mol. The molecule has 0 saturated carbocycles. The molecule has 4 nitrogen and oxygen atoms in total. The maximum absolute atomic E-state index is 11.2. The van der Waals surface area contributed by atoms with Crippen molar-refractivity contribution < 1.29 is 14.6 Å². The van der Waals surface area contributed by atoms with Gasteiger partial charge >= 0.3 is 5.97 Å². The van der Waals surface area contributed by atoms with Crippen LogP contribution < -0.4 is 4.74 Å². The Morgan fingerprint density at radius 3 is 2.60 bits per heavy atom. The Morgan fingerprint density at radius 2 is 2.00 bits per heavy atom. The summed E-state index contributed by atoms with van der Waals surface area (Å²) in [4.78, 5) is 13.5. The van der Waals surface area contributed by atoms with Crippen LogP contribution in [0.15, 0.2) is 24.3 Å². The van der Waals surface area contributed by atoms with Gasteiger partial charge < -0.3 is 9.84 Å². The second-order valence-corrected chi connectivity index (χ2v) is 5.34. The highest BCUT2D eigenvalue weighted by molar-refractivity contribution is 5.68. The van der Waals surface area contributed by atoms with Crippen molar-refractivity contribution in [3.63, 3.8) is 0 Å². The summed E-state index contributed by atoms with van der Waals surface area (Å²) in [6, 6.07) is 7.73. The molecule has 0 spiro atoms. The van der Waals surface area contributed by atoms with Gasteiger partial charge in [0, 0.05) is 6.04 Å². The minimum absolute atomic E-state index is 0.0549. The molecular weight excluding hydrogens is 254 g/mol. The number of carboxylic acids is 1. The van der Waals surface area contributed by atoms with Gasteiger partial charge in [0.2, 0.25) is 0 Å². The quantitative estimate of drug-likeness (QED) is 0.898. The Balaban J connectivity index is 2.22. The Hall–Kier alpha value is -1.55. The molecule has 0 aliphatic carbocycles. The number of carboxylic acid groups (broad SMARTS) is 1. The van der Waals surface area contributed by atoms with E-state index in [1.165, 1.54) is 12.8 Å². The maximum atomic E-state index is 11.2. The van der Waals surface area contributed by atoms with Gasteiger partial charge in [-0.25, -0.2) is 0 Å². The molecule has 0 radical (unpaired) electrons. The summed E-state index contributed by atoms with van der Waals surface area (Å²) in [6.07, 6.45) is 4.94. The number of rotatable bonds is 5. The summed E-state index contributed by atoms with van der Waals surface area (Å²) in [6.45, 7) is 1.96. The third-order valence-electron chi connectivity index (χ3n) is 3.93. The van der Waals surface area contributed by atoms with Crippen LogP contribution in [-0.4, -0.2) is 36.2 Å². The smallest absolute Gasteiger partial charge is 0.305 e. The van der Waals surface area contributed by atoms with E-state index in [0.717, 1.165) is 37.2 Å². The molecule has 20 heavy (non-hydrogen) atoms. The second kappa shape index (κ2) is 7.29. The maximum Gasteiger partial charge on any atom is 0.305 e. The summed E-state index contributed by atoms with van der Waals surface area (Å²) < 4.78 is 5.26. The van der Waals surface area contributed by atoms with Crippen molar-refractivity contribution in [3.8, 4) is 5.75 Å². The van der Waals surface area contributed by atoms with Crippen molar-refractivity contribution in [1.82, 2.24) is 4.90 Å². The third kappa shape index (κ3) is 3.97. The lowest BCUT2D eigenvalue weighted by Crippen LogP contribution is -2.31. The molecule has 4 heteroatoms. The summed E-state index contributed by atoms with van der Waals surface area (Å²) in [5.74, 6) is 0.0368. The van der Waals surface area contributed by atoms with Crippen LogP contribution in [0.2, 0.25) is 0 Å². The highest BCUT2D eigenvalue weighted by atomic mass is 16.5. The van der Waals surface area contributed by atoms with E-state index in [9.17, 15) is 9.90 Å². The number of methoxy groups -OCH3 is 1. The van der Waals surface area contributed by atoms with Gasteiger partial charge in [-0.2, -0.15) is 0 Å². The molecule has 1 aliphatic rings. The highest BCUT2D eigenvalue weighted by Gasteiger charge is 2.24. The lowest BCUT2D eigenvalue weighted by Gasteiger charge is -2.30. The second-order valence-electron chi connectivity index (χ2n) is 5.34. The minimum Gasteiger partial charge on any atom is -0.497 e. The molecule has 0 bridgehead atoms. The summed E-state index contributed by atoms with van der Waals surface area (Å²) >= 11 is 0. The van der Waals surface area contributed by atoms with Crippen molar-refractivity contribution in [2.24, 2.45) is 0 Å². The Kier molecular flexibility index (Phi) is 5.41. The molecule has 0 amide bonds. The van der Waals surface area contributed by atoms with Gasteiger partial charge in [0.05, 0.1) is 13.5 Å². The molecule has 1 unspecified atom stereocenters. The number of carbonyl (C=O) groups is 1. The normalized spacial score (nSPS) is 18.2. The average Bonchev–Trinajstić information content (AvgIpc) is 2.73. The van der Waals surface area contributed by atoms with E-state index in [0.29, 0.717) is 0 Å². The van der Waals surface area contributed by atoms with Crippen molar-refractivity contribution in [3.05, 3.63) is 29.8 Å². The first-order valence-corrected chi connectivity index (χ1v) is 7.30. The average molecular weight is 277 g/mol. The van der Waals surface area contributed by atoms with Crippen LogP contribution in [0.4, 0.5) is 0 Å². The van der Waals surface area contributed by atoms with Crippen LogP contribution in [0.3, 0.4) is 0 Å². The van der Waals surface area contributed by atoms with Gasteiger partial charge in [-0.3, -0.25) is 9.69 Å². The SMILES string of the molecule is COc1cccc(C(CC(=O)O)N2CCCCCC2)c1. The molecule has 0 aromatic heterocycles. The number of aliphatic carboxylic acids is 1. The van der Waals surface area contributed by atoms with Gasteiger partial charge in [-0.1, -0.05) is 25.0 Å². The van der Waals surface area contributed by atoms with E-state index in [1.807, 2.05) is 24.3 Å². The monoisotopic (exact) mass is 277 g/mol. The number of benzene rings is 1. The number of hydrogen-bond donors (Lipinski definition) is 1. The lowest BCUT2D eigenvalue weighted by atomic mass is 10.0. The van der Waals surface area contributed by atoms with Gasteiger partial charge in [0.25, 0.3) is 0 Å². The summed E-state index contributed by atoms with van der Waals surface area (Å²) in [5, 5.41) is 9.21. The van der Waals surface area contributed by atoms with Gasteiger partial charge in [-0.15, -0.1) is 0 Å². The van der Waals surface area contributed by atoms with E-state index in [1.54, 1.807) is 7.11 Å². The zero-order chi connectivity index (χ0) is 14.4. The van der Waals surface area contributed by atoms with Crippen LogP contribution in [0.25, 0.3) is 0 Å². The van der Waals surface area contributed by atoms with Crippen LogP contribution in [0.1, 0.15) is 43.7 Å². The fraction of sp³-hybridized carbons (Fsp3) is 0.562. The first kappa shape index (κ1) is 14.9. The van der Waals surface area contributed by atoms with Gasteiger partial charge in [0.1, 0.15) is 5.75 Å². The highest BCUT2D eigenvalue weighted by Crippen LogP contribution is 2.29. The number of ether oxygens (including phenoxy) is 1. The standard InChI is InChI=1S/C16H23NO3/c1-20-14-8-6-7-13(11-14)15(12-16(18)19)17-9-4-2-3-5-10-17/h6-8,11,15H,2-5,9-10,12H2,1H3,(H,18,19). The van der Waals surface area contributed by atoms with Crippen molar-refractivity contribution in [1.29, 1.82) is 0 Å². The fourth-order valence-corrected chi connectivity index (χ4v) is 2.88. The molecule has 1 atom stereocenters. The number of hydrogen-bond acceptors (Lipinski definition) is 3. The van der Waals surface area contributed by atoms with E-state index < -0.39 is 5.97 Å². The van der Waals surface area contributed by atoms with E-state index >= 15 is 0 Å². The molecule has 1 N–H and O–H groups in total. The number of likely N-dealkylation sites (tertiary alicyclic amines) is 1. The zero-order valence-electron chi connectivity index (χ0n) is 12.0.